The Bertz CT molecular complexity index is 818. The number of aliphatic hydroxyl groups excluding tert-OH is 2. The maximum Gasteiger partial charge on any atom is 0.331 e. The van der Waals surface area contributed by atoms with Crippen LogP contribution in [0.25, 0.3) is 0 Å². The molecule has 0 bridgehead atoms. The number of esters is 2. The molecule has 0 amide bonds. The molecule has 0 aromatic heterocycles. The zero-order chi connectivity index (χ0) is 24.7. The second kappa shape index (κ2) is 9.55. The quantitative estimate of drug-likeness (QED) is 0.502. The van der Waals surface area contributed by atoms with Gasteiger partial charge in [-0.25, -0.2) is 4.79 Å². The van der Waals surface area contributed by atoms with E-state index in [1.165, 1.54) is 19.4 Å². The molecule has 1 aliphatic heterocycles. The Labute approximate surface area is 202 Å². The number of cyclic esters (lactones) is 1. The zero-order valence-corrected chi connectivity index (χ0v) is 20.9. The molecule has 3 saturated carbocycles. The van der Waals surface area contributed by atoms with Gasteiger partial charge in [0.25, 0.3) is 0 Å². The van der Waals surface area contributed by atoms with Gasteiger partial charge in [0.2, 0.25) is 0 Å². The third-order valence-electron chi connectivity index (χ3n) is 10.1. The Hall–Kier alpha value is -1.44. The highest BCUT2D eigenvalue weighted by atomic mass is 16.5. The second-order valence-electron chi connectivity index (χ2n) is 11.7. The first-order valence-corrected chi connectivity index (χ1v) is 13.1. The monoisotopic (exact) mass is 478 g/mol. The highest BCUT2D eigenvalue weighted by Gasteiger charge is 2.72. The number of rotatable bonds is 6. The van der Waals surface area contributed by atoms with Crippen molar-refractivity contribution in [2.24, 2.45) is 28.6 Å². The van der Waals surface area contributed by atoms with E-state index in [1.807, 2.05) is 6.92 Å². The predicted octanol–water partition coefficient (Wildman–Crippen LogP) is 3.29. The van der Waals surface area contributed by atoms with Gasteiger partial charge in [0.15, 0.2) is 0 Å². The van der Waals surface area contributed by atoms with Crippen LogP contribution in [-0.4, -0.2) is 58.3 Å². The third kappa shape index (κ3) is 4.01. The molecule has 0 aromatic rings. The number of fused-ring (bicyclic) bond motifs is 1. The van der Waals surface area contributed by atoms with Gasteiger partial charge in [0.1, 0.15) is 12.7 Å². The van der Waals surface area contributed by atoms with Crippen molar-refractivity contribution in [3.8, 4) is 0 Å². The molecular formula is C27H42O7. The fourth-order valence-electron chi connectivity index (χ4n) is 8.39. The largest absolute Gasteiger partial charge is 0.462 e. The predicted molar refractivity (Wildman–Crippen MR) is 125 cm³/mol. The summed E-state index contributed by atoms with van der Waals surface area (Å²) in [5, 5.41) is 35.1. The summed E-state index contributed by atoms with van der Waals surface area (Å²) in [5.74, 6) is -1.03. The van der Waals surface area contributed by atoms with Crippen molar-refractivity contribution in [2.45, 2.75) is 103 Å². The molecule has 0 radical (unpaired) electrons. The average Bonchev–Trinajstić information content (AvgIpc) is 3.23. The lowest BCUT2D eigenvalue weighted by Crippen LogP contribution is -2.74. The highest BCUT2D eigenvalue weighted by Crippen LogP contribution is 2.67. The minimum Gasteiger partial charge on any atom is -0.462 e. The van der Waals surface area contributed by atoms with Gasteiger partial charge in [-0.05, 0) is 67.8 Å². The number of ether oxygens (including phenoxy) is 2. The molecule has 0 aromatic carbocycles. The van der Waals surface area contributed by atoms with E-state index in [-0.39, 0.29) is 42.4 Å². The lowest BCUT2D eigenvalue weighted by Gasteiger charge is -2.68. The maximum absolute atomic E-state index is 12.5. The fraction of sp³-hybridized carbons (Fsp3) is 0.852. The first-order chi connectivity index (χ1) is 16.1. The Kier molecular flexibility index (Phi) is 7.20. The van der Waals surface area contributed by atoms with Gasteiger partial charge in [0, 0.05) is 18.9 Å². The fourth-order valence-corrected chi connectivity index (χ4v) is 8.39. The molecule has 4 rings (SSSR count). The number of hydrogen-bond acceptors (Lipinski definition) is 7. The molecule has 0 saturated heterocycles. The number of carbonyl (C=O) groups is 2. The molecule has 0 spiro atoms. The third-order valence-corrected chi connectivity index (χ3v) is 10.1. The molecule has 7 nitrogen and oxygen atoms in total. The van der Waals surface area contributed by atoms with E-state index < -0.39 is 23.2 Å². The summed E-state index contributed by atoms with van der Waals surface area (Å²) in [7, 11) is 0. The van der Waals surface area contributed by atoms with Crippen molar-refractivity contribution in [3.63, 3.8) is 0 Å². The standard InChI is InChI=1S/C27H42O7/c1-17-13-21(34-18(2)29)24-25(3,20-7-5-4-6-8-20)11-10-22(30)26(24,16-28)27(17,32)12-9-19-14-23(31)33-15-19/h14,17,20-22,24,28,30,32H,4-13,15-16H2,1-3H3. The van der Waals surface area contributed by atoms with Gasteiger partial charge in [-0.2, -0.15) is 0 Å². The van der Waals surface area contributed by atoms with Crippen molar-refractivity contribution in [1.82, 2.24) is 0 Å². The SMILES string of the molecule is CC(=O)OC1CC(C)C(O)(CCC2=CC(=O)OC2)C2(CO)C(O)CCC(C)(C3CCCCC3)C12. The van der Waals surface area contributed by atoms with E-state index in [0.717, 1.165) is 37.7 Å². The molecule has 3 fully saturated rings. The molecule has 192 valence electrons. The number of carbonyl (C=O) groups excluding carboxylic acids is 2. The maximum atomic E-state index is 12.5. The van der Waals surface area contributed by atoms with Gasteiger partial charge in [-0.3, -0.25) is 4.79 Å². The number of hydrogen-bond donors (Lipinski definition) is 3. The Morgan fingerprint density at radius 1 is 1.24 bits per heavy atom. The van der Waals surface area contributed by atoms with Gasteiger partial charge >= 0.3 is 11.9 Å². The van der Waals surface area contributed by atoms with Crippen LogP contribution in [-0.2, 0) is 19.1 Å². The average molecular weight is 479 g/mol. The Morgan fingerprint density at radius 3 is 2.53 bits per heavy atom. The van der Waals surface area contributed by atoms with Crippen LogP contribution in [0.2, 0.25) is 0 Å². The minimum absolute atomic E-state index is 0.220. The van der Waals surface area contributed by atoms with Gasteiger partial charge in [-0.15, -0.1) is 0 Å². The summed E-state index contributed by atoms with van der Waals surface area (Å²) >= 11 is 0. The van der Waals surface area contributed by atoms with Crippen molar-refractivity contribution in [2.75, 3.05) is 13.2 Å². The van der Waals surface area contributed by atoms with E-state index >= 15 is 0 Å². The van der Waals surface area contributed by atoms with E-state index in [1.54, 1.807) is 0 Å². The van der Waals surface area contributed by atoms with Crippen LogP contribution in [0.3, 0.4) is 0 Å². The molecular weight excluding hydrogens is 436 g/mol. The number of aliphatic hydroxyl groups is 3. The normalized spacial score (nSPS) is 43.1. The topological polar surface area (TPSA) is 113 Å². The van der Waals surface area contributed by atoms with Crippen molar-refractivity contribution < 1.29 is 34.4 Å². The van der Waals surface area contributed by atoms with Crippen LogP contribution in [0, 0.1) is 28.6 Å². The summed E-state index contributed by atoms with van der Waals surface area (Å²) in [5.41, 5.74) is -2.06. The van der Waals surface area contributed by atoms with E-state index in [9.17, 15) is 24.9 Å². The summed E-state index contributed by atoms with van der Waals surface area (Å²) in [6.07, 6.45) is 8.28. The van der Waals surface area contributed by atoms with E-state index in [0.29, 0.717) is 31.6 Å². The molecule has 4 aliphatic rings. The first-order valence-electron chi connectivity index (χ1n) is 13.1. The van der Waals surface area contributed by atoms with Crippen molar-refractivity contribution in [3.05, 3.63) is 11.6 Å². The van der Waals surface area contributed by atoms with Crippen molar-refractivity contribution in [1.29, 1.82) is 0 Å². The van der Waals surface area contributed by atoms with Gasteiger partial charge in [-0.1, -0.05) is 33.1 Å². The molecule has 7 atom stereocenters. The second-order valence-corrected chi connectivity index (χ2v) is 11.7. The molecule has 7 heteroatoms. The van der Waals surface area contributed by atoms with Crippen LogP contribution in [0.4, 0.5) is 0 Å². The molecule has 7 unspecified atom stereocenters. The first kappa shape index (κ1) is 25.6. The van der Waals surface area contributed by atoms with Crippen molar-refractivity contribution >= 4 is 11.9 Å². The smallest absolute Gasteiger partial charge is 0.331 e. The molecule has 1 heterocycles. The summed E-state index contributed by atoms with van der Waals surface area (Å²) in [6.45, 7) is 5.41. The van der Waals surface area contributed by atoms with Crippen LogP contribution in [0.1, 0.15) is 85.0 Å². The Morgan fingerprint density at radius 2 is 1.94 bits per heavy atom. The minimum atomic E-state index is -1.38. The highest BCUT2D eigenvalue weighted by molar-refractivity contribution is 5.85. The molecule has 3 aliphatic carbocycles. The molecule has 3 N–H and O–H groups in total. The van der Waals surface area contributed by atoms with E-state index in [2.05, 4.69) is 6.92 Å². The summed E-state index contributed by atoms with van der Waals surface area (Å²) < 4.78 is 11.0. The summed E-state index contributed by atoms with van der Waals surface area (Å²) in [4.78, 5) is 23.7. The summed E-state index contributed by atoms with van der Waals surface area (Å²) in [6, 6.07) is 0. The van der Waals surface area contributed by atoms with E-state index in [4.69, 9.17) is 9.47 Å². The van der Waals surface area contributed by atoms with Crippen LogP contribution >= 0.6 is 0 Å². The van der Waals surface area contributed by atoms with Gasteiger partial charge in [0.05, 0.1) is 23.7 Å². The lowest BCUT2D eigenvalue weighted by atomic mass is 9.39. The van der Waals surface area contributed by atoms with Gasteiger partial charge < -0.3 is 24.8 Å². The van der Waals surface area contributed by atoms with Crippen LogP contribution in [0.15, 0.2) is 11.6 Å². The van der Waals surface area contributed by atoms with Crippen LogP contribution < -0.4 is 0 Å². The Balaban J connectivity index is 1.79. The van der Waals surface area contributed by atoms with Crippen LogP contribution in [0.5, 0.6) is 0 Å². The lowest BCUT2D eigenvalue weighted by molar-refractivity contribution is -0.308. The zero-order valence-electron chi connectivity index (χ0n) is 20.9. The molecule has 34 heavy (non-hydrogen) atoms.